The van der Waals surface area contributed by atoms with Crippen molar-refractivity contribution in [3.05, 3.63) is 35.4 Å². The number of halogens is 2. The largest absolute Gasteiger partial charge is 0.392 e. The Morgan fingerprint density at radius 3 is 2.86 bits per heavy atom. The van der Waals surface area contributed by atoms with Crippen LogP contribution in [-0.2, 0) is 4.84 Å². The number of rotatable bonds is 1. The molecule has 1 aliphatic rings. The van der Waals surface area contributed by atoms with E-state index in [1.807, 2.05) is 6.92 Å². The summed E-state index contributed by atoms with van der Waals surface area (Å²) >= 11 is 0. The number of hydrogen-bond acceptors (Lipinski definition) is 2. The van der Waals surface area contributed by atoms with Gasteiger partial charge in [0, 0.05) is 12.0 Å². The minimum Gasteiger partial charge on any atom is -0.392 e. The zero-order valence-electron chi connectivity index (χ0n) is 7.63. The van der Waals surface area contributed by atoms with Gasteiger partial charge >= 0.3 is 0 Å². The van der Waals surface area contributed by atoms with Gasteiger partial charge in [-0.25, -0.2) is 8.78 Å². The van der Waals surface area contributed by atoms with Crippen LogP contribution in [0.4, 0.5) is 8.78 Å². The Hall–Kier alpha value is -1.45. The van der Waals surface area contributed by atoms with E-state index in [1.165, 1.54) is 12.1 Å². The lowest BCUT2D eigenvalue weighted by Crippen LogP contribution is -2.06. The molecule has 0 amide bonds. The first-order valence-corrected chi connectivity index (χ1v) is 4.35. The minimum absolute atomic E-state index is 0.0623. The lowest BCUT2D eigenvalue weighted by molar-refractivity contribution is 0.0995. The van der Waals surface area contributed by atoms with E-state index in [2.05, 4.69) is 5.16 Å². The molecule has 0 bridgehead atoms. The molecule has 0 aromatic heterocycles. The average Bonchev–Trinajstić information content (AvgIpc) is 2.57. The smallest absolute Gasteiger partial charge is 0.167 e. The fourth-order valence-electron chi connectivity index (χ4n) is 1.39. The molecule has 1 atom stereocenters. The summed E-state index contributed by atoms with van der Waals surface area (Å²) in [5.41, 5.74) is 0.656. The highest BCUT2D eigenvalue weighted by Crippen LogP contribution is 2.19. The molecule has 4 heteroatoms. The first kappa shape index (κ1) is 9.12. The maximum Gasteiger partial charge on any atom is 0.167 e. The summed E-state index contributed by atoms with van der Waals surface area (Å²) < 4.78 is 26.1. The van der Waals surface area contributed by atoms with Gasteiger partial charge in [0.2, 0.25) is 0 Å². The van der Waals surface area contributed by atoms with Crippen molar-refractivity contribution in [2.75, 3.05) is 0 Å². The molecule has 1 unspecified atom stereocenters. The minimum atomic E-state index is -0.857. The number of oxime groups is 1. The van der Waals surface area contributed by atoms with Gasteiger partial charge in [-0.1, -0.05) is 11.2 Å². The summed E-state index contributed by atoms with van der Waals surface area (Å²) in [5, 5.41) is 3.70. The summed E-state index contributed by atoms with van der Waals surface area (Å²) in [6, 6.07) is 4.04. The van der Waals surface area contributed by atoms with Crippen molar-refractivity contribution in [3.63, 3.8) is 0 Å². The third-order valence-corrected chi connectivity index (χ3v) is 2.09. The Morgan fingerprint density at radius 2 is 2.21 bits per heavy atom. The van der Waals surface area contributed by atoms with Gasteiger partial charge in [-0.05, 0) is 19.1 Å². The van der Waals surface area contributed by atoms with Crippen molar-refractivity contribution in [2.24, 2.45) is 5.16 Å². The van der Waals surface area contributed by atoms with Gasteiger partial charge < -0.3 is 4.84 Å². The second-order valence-electron chi connectivity index (χ2n) is 3.26. The van der Waals surface area contributed by atoms with Gasteiger partial charge in [0.25, 0.3) is 0 Å². The Balaban J connectivity index is 2.38. The molecule has 0 spiro atoms. The molecule has 14 heavy (non-hydrogen) atoms. The van der Waals surface area contributed by atoms with Gasteiger partial charge in [-0.2, -0.15) is 0 Å². The van der Waals surface area contributed by atoms with E-state index in [0.29, 0.717) is 12.1 Å². The summed E-state index contributed by atoms with van der Waals surface area (Å²) in [6.07, 6.45) is 0.452. The normalized spacial score (nSPS) is 20.5. The van der Waals surface area contributed by atoms with Gasteiger partial charge in [0.15, 0.2) is 11.6 Å². The second-order valence-corrected chi connectivity index (χ2v) is 3.26. The fraction of sp³-hybridized carbons (Fsp3) is 0.300. The summed E-state index contributed by atoms with van der Waals surface area (Å²) in [4.78, 5) is 4.91. The molecule has 2 rings (SSSR count). The Bertz CT molecular complexity index is 390. The van der Waals surface area contributed by atoms with E-state index in [9.17, 15) is 8.78 Å². The molecule has 0 saturated carbocycles. The zero-order valence-corrected chi connectivity index (χ0v) is 7.63. The van der Waals surface area contributed by atoms with Crippen LogP contribution < -0.4 is 0 Å². The van der Waals surface area contributed by atoms with E-state index in [4.69, 9.17) is 4.84 Å². The van der Waals surface area contributed by atoms with E-state index in [1.54, 1.807) is 0 Å². The van der Waals surface area contributed by atoms with Gasteiger partial charge in [-0.3, -0.25) is 0 Å². The third-order valence-electron chi connectivity index (χ3n) is 2.09. The average molecular weight is 197 g/mol. The molecule has 0 aliphatic carbocycles. The molecular weight excluding hydrogens is 188 g/mol. The highest BCUT2D eigenvalue weighted by Gasteiger charge is 2.21. The van der Waals surface area contributed by atoms with Gasteiger partial charge in [0.1, 0.15) is 6.10 Å². The number of nitrogens with zero attached hydrogens (tertiary/aromatic N) is 1. The quantitative estimate of drug-likeness (QED) is 0.677. The molecule has 2 nitrogen and oxygen atoms in total. The molecule has 0 N–H and O–H groups in total. The number of benzene rings is 1. The molecule has 1 aromatic rings. The maximum absolute atomic E-state index is 13.3. The SMILES string of the molecule is CC1CC(c2cccc(F)c2F)=NO1. The van der Waals surface area contributed by atoms with E-state index in [-0.39, 0.29) is 11.7 Å². The van der Waals surface area contributed by atoms with Crippen LogP contribution in [0.5, 0.6) is 0 Å². The molecule has 0 radical (unpaired) electrons. The monoisotopic (exact) mass is 197 g/mol. The van der Waals surface area contributed by atoms with E-state index in [0.717, 1.165) is 6.07 Å². The molecule has 1 aromatic carbocycles. The lowest BCUT2D eigenvalue weighted by Gasteiger charge is -2.01. The first-order chi connectivity index (χ1) is 6.68. The Kier molecular flexibility index (Phi) is 2.19. The summed E-state index contributed by atoms with van der Waals surface area (Å²) in [6.45, 7) is 1.83. The molecular formula is C10H9F2NO. The molecule has 0 fully saturated rings. The summed E-state index contributed by atoms with van der Waals surface area (Å²) in [5.74, 6) is -1.71. The van der Waals surface area contributed by atoms with Crippen LogP contribution >= 0.6 is 0 Å². The second kappa shape index (κ2) is 3.36. The predicted octanol–water partition coefficient (Wildman–Crippen LogP) is 2.48. The van der Waals surface area contributed by atoms with Crippen molar-refractivity contribution in [2.45, 2.75) is 19.4 Å². The van der Waals surface area contributed by atoms with Crippen molar-refractivity contribution in [1.29, 1.82) is 0 Å². The zero-order chi connectivity index (χ0) is 10.1. The van der Waals surface area contributed by atoms with E-state index < -0.39 is 11.6 Å². The van der Waals surface area contributed by atoms with Crippen molar-refractivity contribution in [1.82, 2.24) is 0 Å². The third kappa shape index (κ3) is 1.47. The first-order valence-electron chi connectivity index (χ1n) is 4.35. The van der Waals surface area contributed by atoms with Gasteiger partial charge in [-0.15, -0.1) is 0 Å². The summed E-state index contributed by atoms with van der Waals surface area (Å²) in [7, 11) is 0. The topological polar surface area (TPSA) is 21.6 Å². The van der Waals surface area contributed by atoms with Crippen LogP contribution in [0.3, 0.4) is 0 Å². The van der Waals surface area contributed by atoms with Gasteiger partial charge in [0.05, 0.1) is 5.71 Å². The van der Waals surface area contributed by atoms with Crippen LogP contribution in [0, 0.1) is 11.6 Å². The molecule has 0 saturated heterocycles. The highest BCUT2D eigenvalue weighted by molar-refractivity contribution is 6.01. The predicted molar refractivity (Wildman–Crippen MR) is 48.1 cm³/mol. The number of hydrogen-bond donors (Lipinski definition) is 0. The standard InChI is InChI=1S/C10H9F2NO/c1-6-5-9(13-14-6)7-3-2-4-8(11)10(7)12/h2-4,6H,5H2,1H3. The van der Waals surface area contributed by atoms with Crippen molar-refractivity contribution in [3.8, 4) is 0 Å². The fourth-order valence-corrected chi connectivity index (χ4v) is 1.39. The Morgan fingerprint density at radius 1 is 1.43 bits per heavy atom. The van der Waals surface area contributed by atoms with E-state index >= 15 is 0 Å². The van der Waals surface area contributed by atoms with Crippen molar-refractivity contribution < 1.29 is 13.6 Å². The molecule has 74 valence electrons. The van der Waals surface area contributed by atoms with Crippen molar-refractivity contribution >= 4 is 5.71 Å². The Labute approximate surface area is 80.2 Å². The maximum atomic E-state index is 13.3. The van der Waals surface area contributed by atoms with Crippen LogP contribution in [0.15, 0.2) is 23.4 Å². The molecule has 1 heterocycles. The van der Waals surface area contributed by atoms with Crippen LogP contribution in [-0.4, -0.2) is 11.8 Å². The lowest BCUT2D eigenvalue weighted by atomic mass is 10.1. The van der Waals surface area contributed by atoms with Crippen LogP contribution in [0.2, 0.25) is 0 Å². The van der Waals surface area contributed by atoms with Crippen LogP contribution in [0.25, 0.3) is 0 Å². The highest BCUT2D eigenvalue weighted by atomic mass is 19.2. The molecule has 1 aliphatic heterocycles. The van der Waals surface area contributed by atoms with Crippen LogP contribution in [0.1, 0.15) is 18.9 Å².